The SMILES string of the molecule is C=Cc1c(C)c2cc3nc(c(CC(=O)NCCN(C)C)c4[nH]c(cc5nc(cc1[nH]2)C(C)=C5CC)c(C)c4C(=O)O)[C@@H](CCC(=O)O)[C@@H]3C. The predicted molar refractivity (Wildman–Crippen MR) is 194 cm³/mol. The van der Waals surface area contributed by atoms with Gasteiger partial charge in [0.15, 0.2) is 0 Å². The zero-order valence-electron chi connectivity index (χ0n) is 29.4. The molecule has 2 atom stereocenters. The molecule has 5 heterocycles. The third-order valence-electron chi connectivity index (χ3n) is 9.84. The van der Waals surface area contributed by atoms with E-state index in [1.54, 1.807) is 6.92 Å². The molecule has 0 aromatic carbocycles. The number of nitrogens with one attached hydrogen (secondary N) is 3. The highest BCUT2D eigenvalue weighted by atomic mass is 16.4. The Hall–Kier alpha value is -5.03. The fourth-order valence-corrected chi connectivity index (χ4v) is 7.02. The number of rotatable bonds is 11. The first kappa shape index (κ1) is 35.3. The van der Waals surface area contributed by atoms with Crippen LogP contribution in [0.3, 0.4) is 0 Å². The standard InChI is InChI=1S/C38H46N6O5/c1-9-23-19(3)27-16-29-21(5)25(11-12-34(46)47)36(42-29)26(15-33(45)39-13-14-44(7)8)37-35(38(48)49)22(6)30(43-37)18-32-24(10-2)20(4)28(41-32)17-31(23)40-27/h9,16-18,21,25,40,43H,1,10-15H2,2-8H3,(H,39,45)(H,46,47)(H,48,49)/t21-,25-/m0/s1. The Balaban J connectivity index is 1.96. The van der Waals surface area contributed by atoms with Gasteiger partial charge in [-0.2, -0.15) is 0 Å². The van der Waals surface area contributed by atoms with Crippen LogP contribution in [0.1, 0.15) is 107 Å². The highest BCUT2D eigenvalue weighted by Crippen LogP contribution is 2.43. The molecule has 3 aromatic rings. The average Bonchev–Trinajstić information content (AvgIpc) is 3.71. The van der Waals surface area contributed by atoms with E-state index in [1.165, 1.54) is 0 Å². The van der Waals surface area contributed by atoms with Crippen molar-refractivity contribution in [3.8, 4) is 0 Å². The van der Waals surface area contributed by atoms with E-state index in [2.05, 4.69) is 28.8 Å². The monoisotopic (exact) mass is 666 g/mol. The molecule has 11 nitrogen and oxygen atoms in total. The number of carbonyl (C=O) groups is 3. The van der Waals surface area contributed by atoms with Gasteiger partial charge in [-0.25, -0.2) is 9.78 Å². The summed E-state index contributed by atoms with van der Waals surface area (Å²) >= 11 is 0. The summed E-state index contributed by atoms with van der Waals surface area (Å²) in [6, 6.07) is 5.86. The molecule has 0 aliphatic carbocycles. The zero-order valence-corrected chi connectivity index (χ0v) is 29.4. The van der Waals surface area contributed by atoms with Gasteiger partial charge < -0.3 is 30.4 Å². The minimum atomic E-state index is -1.14. The topological polar surface area (TPSA) is 164 Å². The number of hydrogen-bond donors (Lipinski definition) is 5. The van der Waals surface area contributed by atoms with Gasteiger partial charge in [0, 0.05) is 64.7 Å². The molecule has 0 spiro atoms. The van der Waals surface area contributed by atoms with E-state index in [1.807, 2.05) is 64.0 Å². The Morgan fingerprint density at radius 1 is 1.00 bits per heavy atom. The molecule has 0 fully saturated rings. The van der Waals surface area contributed by atoms with Crippen molar-refractivity contribution in [1.82, 2.24) is 30.2 Å². The lowest BCUT2D eigenvalue weighted by Gasteiger charge is -2.18. The summed E-state index contributed by atoms with van der Waals surface area (Å²) in [5.41, 5.74) is 10.3. The number of H-pyrrole nitrogens is 2. The van der Waals surface area contributed by atoms with Crippen LogP contribution in [0.15, 0.2) is 24.8 Å². The molecule has 5 rings (SSSR count). The normalized spacial score (nSPS) is 15.9. The smallest absolute Gasteiger partial charge is 0.338 e. The van der Waals surface area contributed by atoms with Crippen molar-refractivity contribution in [3.05, 3.63) is 75.4 Å². The maximum absolute atomic E-state index is 13.6. The van der Waals surface area contributed by atoms with E-state index < -0.39 is 11.9 Å². The Morgan fingerprint density at radius 3 is 2.33 bits per heavy atom. The van der Waals surface area contributed by atoms with Crippen LogP contribution in [0.25, 0.3) is 39.3 Å². The second-order valence-corrected chi connectivity index (χ2v) is 13.2. The van der Waals surface area contributed by atoms with Gasteiger partial charge in [0.25, 0.3) is 0 Å². The molecule has 2 aliphatic heterocycles. The predicted octanol–water partition coefficient (Wildman–Crippen LogP) is 6.59. The molecule has 8 bridgehead atoms. The third kappa shape index (κ3) is 6.94. The van der Waals surface area contributed by atoms with E-state index in [0.717, 1.165) is 51.1 Å². The molecule has 0 radical (unpaired) electrons. The molecule has 11 heteroatoms. The van der Waals surface area contributed by atoms with Gasteiger partial charge in [-0.05, 0) is 88.2 Å². The quantitative estimate of drug-likeness (QED) is 0.153. The molecule has 3 aromatic heterocycles. The molecule has 49 heavy (non-hydrogen) atoms. The fraction of sp³-hybridized carbons (Fsp3) is 0.395. The number of aliphatic carboxylic acids is 1. The highest BCUT2D eigenvalue weighted by molar-refractivity contribution is 6.03. The second-order valence-electron chi connectivity index (χ2n) is 13.2. The molecular formula is C38H46N6O5. The first-order chi connectivity index (χ1) is 23.2. The molecule has 5 N–H and O–H groups in total. The molecular weight excluding hydrogens is 620 g/mol. The van der Waals surface area contributed by atoms with E-state index in [0.29, 0.717) is 46.6 Å². The third-order valence-corrected chi connectivity index (χ3v) is 9.84. The number of allylic oxidation sites excluding steroid dienone is 2. The van der Waals surface area contributed by atoms with Crippen LogP contribution in [0, 0.1) is 13.8 Å². The minimum Gasteiger partial charge on any atom is -0.481 e. The number of nitrogens with zero attached hydrogens (tertiary/aromatic N) is 3. The number of hydrogen-bond acceptors (Lipinski definition) is 6. The van der Waals surface area contributed by atoms with Crippen LogP contribution in [0.5, 0.6) is 0 Å². The number of aromatic amines is 2. The number of carbonyl (C=O) groups excluding carboxylic acids is 1. The summed E-state index contributed by atoms with van der Waals surface area (Å²) in [5.74, 6) is -2.97. The van der Waals surface area contributed by atoms with Gasteiger partial charge >= 0.3 is 11.9 Å². The van der Waals surface area contributed by atoms with Crippen LogP contribution >= 0.6 is 0 Å². The minimum absolute atomic E-state index is 0.0459. The lowest BCUT2D eigenvalue weighted by Crippen LogP contribution is -2.32. The Labute approximate surface area is 286 Å². The second kappa shape index (κ2) is 14.2. The van der Waals surface area contributed by atoms with Crippen LogP contribution in [-0.2, 0) is 16.0 Å². The van der Waals surface area contributed by atoms with Gasteiger partial charge in [-0.1, -0.05) is 26.5 Å². The van der Waals surface area contributed by atoms with E-state index in [9.17, 15) is 24.6 Å². The summed E-state index contributed by atoms with van der Waals surface area (Å²) < 4.78 is 0. The summed E-state index contributed by atoms with van der Waals surface area (Å²) in [6.45, 7) is 15.0. The number of aromatic carboxylic acids is 1. The van der Waals surface area contributed by atoms with E-state index in [-0.39, 0.29) is 42.6 Å². The average molecular weight is 667 g/mol. The van der Waals surface area contributed by atoms with Gasteiger partial charge in [0.2, 0.25) is 5.91 Å². The van der Waals surface area contributed by atoms with Gasteiger partial charge in [-0.3, -0.25) is 14.6 Å². The Morgan fingerprint density at radius 2 is 1.69 bits per heavy atom. The van der Waals surface area contributed by atoms with Crippen molar-refractivity contribution >= 4 is 57.1 Å². The van der Waals surface area contributed by atoms with Crippen molar-refractivity contribution in [2.24, 2.45) is 0 Å². The first-order valence-corrected chi connectivity index (χ1v) is 16.7. The molecule has 0 saturated carbocycles. The van der Waals surface area contributed by atoms with Crippen LogP contribution in [-0.4, -0.2) is 80.1 Å². The van der Waals surface area contributed by atoms with Crippen LogP contribution < -0.4 is 5.32 Å². The van der Waals surface area contributed by atoms with Gasteiger partial charge in [0.1, 0.15) is 0 Å². The van der Waals surface area contributed by atoms with E-state index in [4.69, 9.17) is 9.97 Å². The summed E-state index contributed by atoms with van der Waals surface area (Å²) in [7, 11) is 3.83. The molecule has 2 aliphatic rings. The maximum atomic E-state index is 13.6. The number of amides is 1. The van der Waals surface area contributed by atoms with Gasteiger partial charge in [0.05, 0.1) is 34.6 Å². The number of carboxylic acids is 2. The van der Waals surface area contributed by atoms with Crippen molar-refractivity contribution in [3.63, 3.8) is 0 Å². The van der Waals surface area contributed by atoms with Crippen molar-refractivity contribution in [1.29, 1.82) is 0 Å². The lowest BCUT2D eigenvalue weighted by atomic mass is 9.85. The fourth-order valence-electron chi connectivity index (χ4n) is 7.02. The molecule has 0 saturated heterocycles. The maximum Gasteiger partial charge on any atom is 0.338 e. The number of aryl methyl sites for hydroxylation is 2. The van der Waals surface area contributed by atoms with Crippen LogP contribution in [0.2, 0.25) is 0 Å². The molecule has 258 valence electrons. The number of fused-ring (bicyclic) bond motifs is 8. The van der Waals surface area contributed by atoms with Crippen molar-refractivity contribution < 1.29 is 24.6 Å². The summed E-state index contributed by atoms with van der Waals surface area (Å²) in [5, 5.41) is 23.3. The van der Waals surface area contributed by atoms with Gasteiger partial charge in [-0.15, -0.1) is 0 Å². The summed E-state index contributed by atoms with van der Waals surface area (Å²) in [6.07, 6.45) is 2.55. The lowest BCUT2D eigenvalue weighted by molar-refractivity contribution is -0.137. The van der Waals surface area contributed by atoms with E-state index >= 15 is 0 Å². The number of carboxylic acid groups (broad SMARTS) is 2. The zero-order chi connectivity index (χ0) is 35.7. The summed E-state index contributed by atoms with van der Waals surface area (Å²) in [4.78, 5) is 57.4. The number of likely N-dealkylation sites (N-methyl/N-ethyl adjacent to an activating group) is 1. The Bertz CT molecular complexity index is 2050. The first-order valence-electron chi connectivity index (χ1n) is 16.7. The molecule has 1 amide bonds. The molecule has 0 unspecified atom stereocenters. The van der Waals surface area contributed by atoms with Crippen molar-refractivity contribution in [2.75, 3.05) is 27.2 Å². The van der Waals surface area contributed by atoms with Crippen LogP contribution in [0.4, 0.5) is 0 Å². The number of aromatic nitrogens is 4. The Kier molecular flexibility index (Phi) is 10.2. The van der Waals surface area contributed by atoms with Crippen molar-refractivity contribution in [2.45, 2.75) is 72.1 Å². The largest absolute Gasteiger partial charge is 0.481 e. The highest BCUT2D eigenvalue weighted by Gasteiger charge is 2.33.